The van der Waals surface area contributed by atoms with Crippen LogP contribution < -0.4 is 11.1 Å². The van der Waals surface area contributed by atoms with Gasteiger partial charge in [0.2, 0.25) is 0 Å². The molecule has 2 aliphatic heterocycles. The van der Waals surface area contributed by atoms with Crippen molar-refractivity contribution in [1.29, 1.82) is 5.41 Å². The summed E-state index contributed by atoms with van der Waals surface area (Å²) in [5.41, 5.74) is 9.88. The largest absolute Gasteiger partial charge is 0.398 e. The zero-order valence-corrected chi connectivity index (χ0v) is 14.1. The van der Waals surface area contributed by atoms with Crippen LogP contribution in [0.5, 0.6) is 0 Å². The zero-order valence-electron chi connectivity index (χ0n) is 12.5. The van der Waals surface area contributed by atoms with Crippen molar-refractivity contribution in [2.75, 3.05) is 0 Å². The molecule has 1 aromatic carbocycles. The van der Waals surface area contributed by atoms with E-state index >= 15 is 0 Å². The van der Waals surface area contributed by atoms with Gasteiger partial charge in [-0.3, -0.25) is 0 Å². The second kappa shape index (κ2) is 6.04. The Bertz CT molecular complexity index is 774. The molecular weight excluding hydrogens is 359 g/mol. The van der Waals surface area contributed by atoms with Crippen LogP contribution in [-0.4, -0.2) is 17.3 Å². The molecule has 118 valence electrons. The van der Waals surface area contributed by atoms with Gasteiger partial charge in [-0.15, -0.1) is 0 Å². The second-order valence-electron chi connectivity index (χ2n) is 5.36. The van der Waals surface area contributed by atoms with Gasteiger partial charge in [0.1, 0.15) is 16.6 Å². The van der Waals surface area contributed by atoms with Gasteiger partial charge in [-0.2, -0.15) is 0 Å². The highest BCUT2D eigenvalue weighted by Crippen LogP contribution is 2.33. The highest BCUT2D eigenvalue weighted by Gasteiger charge is 2.27. The smallest absolute Gasteiger partial charge is 0.123 e. The molecule has 23 heavy (non-hydrogen) atoms. The molecule has 0 radical (unpaired) electrons. The normalized spacial score (nSPS) is 20.7. The molecule has 4 nitrogen and oxygen atoms in total. The highest BCUT2D eigenvalue weighted by atomic mass is 79.9. The van der Waals surface area contributed by atoms with E-state index in [0.717, 1.165) is 15.8 Å². The summed E-state index contributed by atoms with van der Waals surface area (Å²) in [6, 6.07) is 5.96. The molecule has 0 saturated heterocycles. The molecule has 0 aromatic heterocycles. The van der Waals surface area contributed by atoms with Crippen molar-refractivity contribution in [1.82, 2.24) is 10.2 Å². The molecule has 2 heterocycles. The van der Waals surface area contributed by atoms with E-state index in [1.807, 2.05) is 24.2 Å². The van der Waals surface area contributed by atoms with Crippen molar-refractivity contribution in [3.8, 4) is 0 Å². The number of allylic oxidation sites excluding steroid dienone is 3. The van der Waals surface area contributed by atoms with Crippen LogP contribution in [0.25, 0.3) is 5.70 Å². The van der Waals surface area contributed by atoms with Crippen LogP contribution in [0.1, 0.15) is 12.5 Å². The lowest BCUT2D eigenvalue weighted by atomic mass is 9.93. The predicted molar refractivity (Wildman–Crippen MR) is 93.9 cm³/mol. The number of rotatable bonds is 3. The topological polar surface area (TPSA) is 65.1 Å². The number of benzene rings is 1. The fourth-order valence-corrected chi connectivity index (χ4v) is 3.10. The summed E-state index contributed by atoms with van der Waals surface area (Å²) < 4.78 is 14.0. The zero-order chi connectivity index (χ0) is 16.6. The Morgan fingerprint density at radius 3 is 2.74 bits per heavy atom. The summed E-state index contributed by atoms with van der Waals surface area (Å²) in [6.45, 7) is 1.98. The molecule has 2 aliphatic rings. The molecular formula is C17H16BrFN4. The number of nitrogens with two attached hydrogens (primary N) is 1. The first-order valence-corrected chi connectivity index (χ1v) is 7.88. The van der Waals surface area contributed by atoms with E-state index in [4.69, 9.17) is 11.1 Å². The predicted octanol–water partition coefficient (Wildman–Crippen LogP) is 3.41. The van der Waals surface area contributed by atoms with Crippen LogP contribution in [0.2, 0.25) is 0 Å². The summed E-state index contributed by atoms with van der Waals surface area (Å²) in [5.74, 6) is -0.314. The second-order valence-corrected chi connectivity index (χ2v) is 6.17. The molecule has 1 aromatic rings. The van der Waals surface area contributed by atoms with E-state index in [-0.39, 0.29) is 12.0 Å². The molecule has 1 atom stereocenters. The third kappa shape index (κ3) is 2.82. The number of hydrogen-bond donors (Lipinski definition) is 3. The molecule has 4 N–H and O–H groups in total. The Morgan fingerprint density at radius 1 is 1.39 bits per heavy atom. The molecule has 6 heteroatoms. The molecule has 0 fully saturated rings. The van der Waals surface area contributed by atoms with Gasteiger partial charge in [0, 0.05) is 35.5 Å². The summed E-state index contributed by atoms with van der Waals surface area (Å²) >= 11 is 3.49. The minimum absolute atomic E-state index is 0.0622. The van der Waals surface area contributed by atoms with E-state index in [1.54, 1.807) is 12.1 Å². The van der Waals surface area contributed by atoms with Crippen molar-refractivity contribution in [3.05, 3.63) is 75.4 Å². The number of halogens is 2. The molecule has 1 unspecified atom stereocenters. The maximum atomic E-state index is 13.1. The van der Waals surface area contributed by atoms with E-state index in [1.165, 1.54) is 18.3 Å². The average Bonchev–Trinajstić information content (AvgIpc) is 2.89. The van der Waals surface area contributed by atoms with Crippen LogP contribution in [0.3, 0.4) is 0 Å². The number of nitrogens with one attached hydrogen (secondary N) is 2. The van der Waals surface area contributed by atoms with Crippen molar-refractivity contribution in [2.45, 2.75) is 13.1 Å². The Hall–Kier alpha value is -2.34. The minimum atomic E-state index is -0.314. The number of fused-ring (bicyclic) bond motifs is 1. The third-order valence-electron chi connectivity index (χ3n) is 3.90. The van der Waals surface area contributed by atoms with Gasteiger partial charge in [-0.1, -0.05) is 0 Å². The quantitative estimate of drug-likeness (QED) is 0.560. The third-order valence-corrected chi connectivity index (χ3v) is 4.54. The fourth-order valence-electron chi connectivity index (χ4n) is 2.65. The van der Waals surface area contributed by atoms with Crippen LogP contribution >= 0.6 is 15.9 Å². The van der Waals surface area contributed by atoms with E-state index in [9.17, 15) is 4.39 Å². The monoisotopic (exact) mass is 374 g/mol. The summed E-state index contributed by atoms with van der Waals surface area (Å²) in [5, 5.41) is 11.0. The molecule has 3 rings (SSSR count). The maximum Gasteiger partial charge on any atom is 0.123 e. The lowest BCUT2D eigenvalue weighted by molar-refractivity contribution is 0.415. The first-order chi connectivity index (χ1) is 11.0. The van der Waals surface area contributed by atoms with Crippen LogP contribution in [0, 0.1) is 11.2 Å². The Kier molecular flexibility index (Phi) is 4.09. The van der Waals surface area contributed by atoms with Gasteiger partial charge >= 0.3 is 0 Å². The van der Waals surface area contributed by atoms with Gasteiger partial charge in [-0.05, 0) is 64.3 Å². The highest BCUT2D eigenvalue weighted by molar-refractivity contribution is 9.11. The Balaban J connectivity index is 2.06. The van der Waals surface area contributed by atoms with Gasteiger partial charge in [-0.25, -0.2) is 4.39 Å². The van der Waals surface area contributed by atoms with Gasteiger partial charge in [0.05, 0.1) is 0 Å². The molecule has 0 amide bonds. The Labute approximate surface area is 142 Å². The summed E-state index contributed by atoms with van der Waals surface area (Å²) in [6.07, 6.45) is 7.21. The van der Waals surface area contributed by atoms with Gasteiger partial charge < -0.3 is 21.4 Å². The van der Waals surface area contributed by atoms with Crippen LogP contribution in [-0.2, 0) is 0 Å². The number of nitrogens with zero attached hydrogens (tertiary/aromatic N) is 1. The fraction of sp³-hybridized carbons (Fsp3) is 0.118. The first-order valence-electron chi connectivity index (χ1n) is 7.08. The summed E-state index contributed by atoms with van der Waals surface area (Å²) in [4.78, 5) is 2.02. The van der Waals surface area contributed by atoms with Gasteiger partial charge in [0.15, 0.2) is 0 Å². The van der Waals surface area contributed by atoms with Crippen molar-refractivity contribution >= 4 is 27.8 Å². The van der Waals surface area contributed by atoms with Crippen molar-refractivity contribution < 1.29 is 4.39 Å². The standard InChI is InChI=1S/C17H16BrFN4/c1-10-6-16-22-8-15(18)23(16)9-14(10)13(7-20)17(21)11-2-4-12(19)5-3-11/h2-9,16,20,22H,21H2,1H3. The maximum absolute atomic E-state index is 13.1. The lowest BCUT2D eigenvalue weighted by Crippen LogP contribution is -2.34. The molecule has 0 bridgehead atoms. The van der Waals surface area contributed by atoms with Crippen LogP contribution in [0.15, 0.2) is 64.1 Å². The van der Waals surface area contributed by atoms with Gasteiger partial charge in [0.25, 0.3) is 0 Å². The SMILES string of the molecule is CC1=CC2NC=C(Br)N2C=C1C(C=N)=C(N)c1ccc(F)cc1. The first kappa shape index (κ1) is 15.6. The van der Waals surface area contributed by atoms with Crippen LogP contribution in [0.4, 0.5) is 4.39 Å². The van der Waals surface area contributed by atoms with E-state index in [2.05, 4.69) is 27.3 Å². The lowest BCUT2D eigenvalue weighted by Gasteiger charge is -2.28. The summed E-state index contributed by atoms with van der Waals surface area (Å²) in [7, 11) is 0. The number of hydrogen-bond acceptors (Lipinski definition) is 4. The van der Waals surface area contributed by atoms with E-state index < -0.39 is 0 Å². The molecule has 0 spiro atoms. The van der Waals surface area contributed by atoms with Crippen molar-refractivity contribution in [3.63, 3.8) is 0 Å². The van der Waals surface area contributed by atoms with Crippen molar-refractivity contribution in [2.24, 2.45) is 5.73 Å². The molecule has 0 aliphatic carbocycles. The minimum Gasteiger partial charge on any atom is -0.398 e. The van der Waals surface area contributed by atoms with E-state index in [0.29, 0.717) is 16.8 Å². The Morgan fingerprint density at radius 2 is 2.09 bits per heavy atom. The molecule has 0 saturated carbocycles. The average molecular weight is 375 g/mol.